The number of para-hydroxylation sites is 1. The van der Waals surface area contributed by atoms with Crippen LogP contribution in [0.5, 0.6) is 0 Å². The lowest BCUT2D eigenvalue weighted by Crippen LogP contribution is -2.40. The highest BCUT2D eigenvalue weighted by Gasteiger charge is 2.24. The molecule has 1 atom stereocenters. The number of aryl methyl sites for hydroxylation is 1. The van der Waals surface area contributed by atoms with Gasteiger partial charge in [-0.2, -0.15) is 0 Å². The van der Waals surface area contributed by atoms with Crippen molar-refractivity contribution in [3.05, 3.63) is 53.4 Å². The highest BCUT2D eigenvalue weighted by Crippen LogP contribution is 2.25. The van der Waals surface area contributed by atoms with Crippen LogP contribution in [0.2, 0.25) is 0 Å². The van der Waals surface area contributed by atoms with Crippen molar-refractivity contribution >= 4 is 27.5 Å². The molecular formula is C22H27N3O2S. The van der Waals surface area contributed by atoms with Crippen molar-refractivity contribution in [2.75, 3.05) is 19.6 Å². The van der Waals surface area contributed by atoms with Crippen LogP contribution in [-0.4, -0.2) is 35.4 Å². The number of carbonyl (C=O) groups excluding carboxylic acids is 1. The Morgan fingerprint density at radius 2 is 2.04 bits per heavy atom. The predicted octanol–water partition coefficient (Wildman–Crippen LogP) is 4.56. The average molecular weight is 398 g/mol. The molecule has 0 radical (unpaired) electrons. The number of likely N-dealkylation sites (tertiary alicyclic amines) is 1. The summed E-state index contributed by atoms with van der Waals surface area (Å²) in [6.45, 7) is 2.74. The molecule has 1 saturated heterocycles. The highest BCUT2D eigenvalue weighted by atomic mass is 32.1. The molecule has 5 nitrogen and oxygen atoms in total. The Kier molecular flexibility index (Phi) is 6.39. The second-order valence-electron chi connectivity index (χ2n) is 7.36. The fourth-order valence-electron chi connectivity index (χ4n) is 3.85. The number of piperidine rings is 1. The number of aromatic nitrogens is 1. The molecule has 0 saturated carbocycles. The van der Waals surface area contributed by atoms with E-state index in [2.05, 4.69) is 21.3 Å². The van der Waals surface area contributed by atoms with E-state index in [1.165, 1.54) is 24.0 Å². The first-order valence-corrected chi connectivity index (χ1v) is 11.0. The van der Waals surface area contributed by atoms with Gasteiger partial charge in [-0.15, -0.1) is 11.3 Å². The Morgan fingerprint density at radius 3 is 2.82 bits per heavy atom. The van der Waals surface area contributed by atoms with E-state index >= 15 is 0 Å². The van der Waals surface area contributed by atoms with Crippen LogP contribution in [0.25, 0.3) is 10.2 Å². The fraction of sp³-hybridized carbons (Fsp3) is 0.455. The Bertz CT molecular complexity index is 851. The number of nitrogens with zero attached hydrogens (tertiary/aromatic N) is 2. The van der Waals surface area contributed by atoms with Crippen molar-refractivity contribution in [1.29, 1.82) is 0 Å². The van der Waals surface area contributed by atoms with Crippen molar-refractivity contribution in [2.24, 2.45) is 0 Å². The summed E-state index contributed by atoms with van der Waals surface area (Å²) < 4.78 is 6.86. The molecule has 0 bridgehead atoms. The number of amides is 1. The zero-order chi connectivity index (χ0) is 19.2. The minimum Gasteiger partial charge on any atom is -0.468 e. The maximum atomic E-state index is 12.4. The van der Waals surface area contributed by atoms with Crippen molar-refractivity contribution in [3.63, 3.8) is 0 Å². The number of rotatable bonds is 8. The third-order valence-corrected chi connectivity index (χ3v) is 6.42. The maximum absolute atomic E-state index is 12.4. The van der Waals surface area contributed by atoms with Crippen LogP contribution in [0, 0.1) is 0 Å². The van der Waals surface area contributed by atoms with E-state index in [0.717, 1.165) is 42.2 Å². The van der Waals surface area contributed by atoms with E-state index in [-0.39, 0.29) is 11.9 Å². The van der Waals surface area contributed by atoms with Gasteiger partial charge in [0.15, 0.2) is 0 Å². The Labute approximate surface area is 169 Å². The summed E-state index contributed by atoms with van der Waals surface area (Å²) in [6.07, 6.45) is 7.63. The molecule has 3 aromatic rings. The maximum Gasteiger partial charge on any atom is 0.220 e. The molecule has 28 heavy (non-hydrogen) atoms. The second kappa shape index (κ2) is 9.34. The molecule has 1 unspecified atom stereocenters. The lowest BCUT2D eigenvalue weighted by Gasteiger charge is -2.33. The molecule has 0 aliphatic carbocycles. The number of fused-ring (bicyclic) bond motifs is 1. The Balaban J connectivity index is 1.26. The largest absolute Gasteiger partial charge is 0.468 e. The highest BCUT2D eigenvalue weighted by molar-refractivity contribution is 7.18. The molecular weight excluding hydrogens is 370 g/mol. The quantitative estimate of drug-likeness (QED) is 0.606. The van der Waals surface area contributed by atoms with E-state index < -0.39 is 0 Å². The molecule has 1 amide bonds. The molecule has 2 aromatic heterocycles. The van der Waals surface area contributed by atoms with Crippen LogP contribution < -0.4 is 5.32 Å². The molecule has 3 heterocycles. The van der Waals surface area contributed by atoms with Gasteiger partial charge in [-0.05, 0) is 63.0 Å². The summed E-state index contributed by atoms with van der Waals surface area (Å²) in [5, 5.41) is 4.23. The molecule has 6 heteroatoms. The van der Waals surface area contributed by atoms with Gasteiger partial charge in [-0.25, -0.2) is 4.98 Å². The molecule has 1 N–H and O–H groups in total. The standard InChI is InChI=1S/C22H27N3O2S/c26-21(11-6-12-22-24-17-8-2-3-10-20(17)28-22)23-16-18(19-9-7-15-27-19)25-13-4-1-5-14-25/h2-3,7-10,15,18H,1,4-6,11-14,16H2,(H,23,26). The van der Waals surface area contributed by atoms with E-state index in [1.807, 2.05) is 30.3 Å². The molecule has 1 aromatic carbocycles. The van der Waals surface area contributed by atoms with Crippen LogP contribution in [0.15, 0.2) is 47.1 Å². The van der Waals surface area contributed by atoms with Gasteiger partial charge in [0, 0.05) is 13.0 Å². The van der Waals surface area contributed by atoms with Gasteiger partial charge in [0.1, 0.15) is 5.76 Å². The molecule has 4 rings (SSSR count). The van der Waals surface area contributed by atoms with Gasteiger partial charge in [0.2, 0.25) is 5.91 Å². The summed E-state index contributed by atoms with van der Waals surface area (Å²) in [4.78, 5) is 19.5. The van der Waals surface area contributed by atoms with Gasteiger partial charge in [0.05, 0.1) is 27.5 Å². The van der Waals surface area contributed by atoms with Crippen LogP contribution in [0.4, 0.5) is 0 Å². The van der Waals surface area contributed by atoms with Gasteiger partial charge in [-0.1, -0.05) is 18.6 Å². The predicted molar refractivity (Wildman–Crippen MR) is 112 cm³/mol. The first kappa shape index (κ1) is 19.2. The van der Waals surface area contributed by atoms with Gasteiger partial charge >= 0.3 is 0 Å². The number of hydrogen-bond acceptors (Lipinski definition) is 5. The summed E-state index contributed by atoms with van der Waals surface area (Å²) in [6, 6.07) is 12.2. The zero-order valence-electron chi connectivity index (χ0n) is 16.1. The first-order chi connectivity index (χ1) is 13.8. The normalized spacial score (nSPS) is 16.3. The number of furan rings is 1. The summed E-state index contributed by atoms with van der Waals surface area (Å²) in [7, 11) is 0. The lowest BCUT2D eigenvalue weighted by molar-refractivity contribution is -0.121. The van der Waals surface area contributed by atoms with E-state index in [1.54, 1.807) is 17.6 Å². The van der Waals surface area contributed by atoms with E-state index in [9.17, 15) is 4.79 Å². The number of thiazole rings is 1. The van der Waals surface area contributed by atoms with Crippen LogP contribution >= 0.6 is 11.3 Å². The van der Waals surface area contributed by atoms with Crippen LogP contribution in [0.3, 0.4) is 0 Å². The third kappa shape index (κ3) is 4.80. The first-order valence-electron chi connectivity index (χ1n) is 10.2. The van der Waals surface area contributed by atoms with Crippen molar-refractivity contribution in [3.8, 4) is 0 Å². The molecule has 1 fully saturated rings. The van der Waals surface area contributed by atoms with Crippen LogP contribution in [-0.2, 0) is 11.2 Å². The lowest BCUT2D eigenvalue weighted by atomic mass is 10.1. The average Bonchev–Trinajstić information content (AvgIpc) is 3.38. The van der Waals surface area contributed by atoms with E-state index in [4.69, 9.17) is 4.42 Å². The molecule has 0 spiro atoms. The minimum absolute atomic E-state index is 0.106. The SMILES string of the molecule is O=C(CCCc1nc2ccccc2s1)NCC(c1ccco1)N1CCCCC1. The molecule has 1 aliphatic rings. The van der Waals surface area contributed by atoms with Gasteiger partial charge in [-0.3, -0.25) is 9.69 Å². The fourth-order valence-corrected chi connectivity index (χ4v) is 4.86. The zero-order valence-corrected chi connectivity index (χ0v) is 16.9. The van der Waals surface area contributed by atoms with E-state index in [0.29, 0.717) is 13.0 Å². The number of nitrogens with one attached hydrogen (secondary N) is 1. The van der Waals surface area contributed by atoms with Crippen molar-refractivity contribution in [2.45, 2.75) is 44.6 Å². The Morgan fingerprint density at radius 1 is 1.18 bits per heavy atom. The minimum atomic E-state index is 0.106. The molecule has 1 aliphatic heterocycles. The topological polar surface area (TPSA) is 58.4 Å². The molecule has 148 valence electrons. The Hall–Kier alpha value is -2.18. The monoisotopic (exact) mass is 397 g/mol. The van der Waals surface area contributed by atoms with Crippen LogP contribution in [0.1, 0.15) is 48.9 Å². The summed E-state index contributed by atoms with van der Waals surface area (Å²) >= 11 is 1.72. The van der Waals surface area contributed by atoms with Crippen molar-refractivity contribution in [1.82, 2.24) is 15.2 Å². The van der Waals surface area contributed by atoms with Gasteiger partial charge in [0.25, 0.3) is 0 Å². The second-order valence-corrected chi connectivity index (χ2v) is 8.48. The number of carbonyl (C=O) groups is 1. The smallest absolute Gasteiger partial charge is 0.220 e. The summed E-state index contributed by atoms with van der Waals surface area (Å²) in [5.41, 5.74) is 1.05. The third-order valence-electron chi connectivity index (χ3n) is 5.33. The van der Waals surface area contributed by atoms with Gasteiger partial charge < -0.3 is 9.73 Å². The summed E-state index contributed by atoms with van der Waals surface area (Å²) in [5.74, 6) is 1.05. The number of hydrogen-bond donors (Lipinski definition) is 1. The number of benzene rings is 1. The van der Waals surface area contributed by atoms with Crippen molar-refractivity contribution < 1.29 is 9.21 Å².